The van der Waals surface area contributed by atoms with Crippen molar-refractivity contribution in [2.24, 2.45) is 17.3 Å². The van der Waals surface area contributed by atoms with Gasteiger partial charge in [0.1, 0.15) is 0 Å². The summed E-state index contributed by atoms with van der Waals surface area (Å²) in [4.78, 5) is 2.78. The second-order valence-electron chi connectivity index (χ2n) is 7.70. The van der Waals surface area contributed by atoms with Crippen LogP contribution in [-0.4, -0.2) is 37.6 Å². The van der Waals surface area contributed by atoms with E-state index in [1.807, 2.05) is 0 Å². The molecule has 0 aromatic rings. The molecule has 1 N–H and O–H groups in total. The molecule has 2 nitrogen and oxygen atoms in total. The Morgan fingerprint density at radius 2 is 1.75 bits per heavy atom. The van der Waals surface area contributed by atoms with E-state index in [9.17, 15) is 0 Å². The van der Waals surface area contributed by atoms with E-state index in [1.54, 1.807) is 0 Å². The maximum Gasteiger partial charge on any atom is 0.00501 e. The predicted octanol–water partition coefficient (Wildman–Crippen LogP) is 3.91. The largest absolute Gasteiger partial charge is 0.316 e. The third-order valence-electron chi connectivity index (χ3n) is 5.80. The van der Waals surface area contributed by atoms with Gasteiger partial charge in [-0.3, -0.25) is 0 Å². The van der Waals surface area contributed by atoms with Gasteiger partial charge in [-0.2, -0.15) is 0 Å². The van der Waals surface area contributed by atoms with Crippen LogP contribution in [0.15, 0.2) is 0 Å². The summed E-state index contributed by atoms with van der Waals surface area (Å²) in [6.45, 7) is 13.4. The topological polar surface area (TPSA) is 15.3 Å². The Labute approximate surface area is 126 Å². The minimum atomic E-state index is 0.582. The van der Waals surface area contributed by atoms with Crippen molar-refractivity contribution in [3.05, 3.63) is 0 Å². The number of hydrogen-bond acceptors (Lipinski definition) is 2. The van der Waals surface area contributed by atoms with Gasteiger partial charge in [0.2, 0.25) is 0 Å². The van der Waals surface area contributed by atoms with Gasteiger partial charge >= 0.3 is 0 Å². The molecule has 0 aromatic carbocycles. The summed E-state index contributed by atoms with van der Waals surface area (Å²) in [5, 5.41) is 3.65. The zero-order valence-electron chi connectivity index (χ0n) is 14.1. The van der Waals surface area contributed by atoms with E-state index >= 15 is 0 Å². The lowest BCUT2D eigenvalue weighted by Gasteiger charge is -2.44. The van der Waals surface area contributed by atoms with Crippen LogP contribution in [0.5, 0.6) is 0 Å². The summed E-state index contributed by atoms with van der Waals surface area (Å²) in [5.74, 6) is 1.85. The lowest BCUT2D eigenvalue weighted by atomic mass is 9.73. The lowest BCUT2D eigenvalue weighted by molar-refractivity contribution is 0.0709. The minimum absolute atomic E-state index is 0.582. The van der Waals surface area contributed by atoms with E-state index in [0.29, 0.717) is 5.41 Å². The summed E-state index contributed by atoms with van der Waals surface area (Å²) in [5.41, 5.74) is 0.582. The van der Waals surface area contributed by atoms with Gasteiger partial charge in [0, 0.05) is 13.1 Å². The Bertz CT molecular complexity index is 261. The van der Waals surface area contributed by atoms with Gasteiger partial charge in [0.15, 0.2) is 0 Å². The highest BCUT2D eigenvalue weighted by molar-refractivity contribution is 4.89. The van der Waals surface area contributed by atoms with Crippen LogP contribution < -0.4 is 5.32 Å². The first kappa shape index (κ1) is 16.3. The molecule has 1 saturated carbocycles. The molecule has 0 spiro atoms. The van der Waals surface area contributed by atoms with Crippen LogP contribution in [0.1, 0.15) is 65.7 Å². The quantitative estimate of drug-likeness (QED) is 0.793. The fourth-order valence-electron chi connectivity index (χ4n) is 4.33. The van der Waals surface area contributed by atoms with Crippen LogP contribution in [0.2, 0.25) is 0 Å². The molecule has 1 aliphatic carbocycles. The van der Waals surface area contributed by atoms with Crippen molar-refractivity contribution in [1.82, 2.24) is 10.2 Å². The fraction of sp³-hybridized carbons (Fsp3) is 1.00. The Morgan fingerprint density at radius 3 is 2.30 bits per heavy atom. The molecule has 20 heavy (non-hydrogen) atoms. The van der Waals surface area contributed by atoms with Crippen LogP contribution in [0.4, 0.5) is 0 Å². The van der Waals surface area contributed by atoms with Crippen LogP contribution in [0.25, 0.3) is 0 Å². The standard InChI is InChI=1S/C18H36N2/c1-4-19-14-18(10-6-5-7-11-18)15-20-12-8-17(9-13-20)16(2)3/h16-17,19H,4-15H2,1-3H3. The van der Waals surface area contributed by atoms with Crippen molar-refractivity contribution in [2.75, 3.05) is 32.7 Å². The van der Waals surface area contributed by atoms with E-state index in [2.05, 4.69) is 31.0 Å². The number of rotatable bonds is 6. The number of likely N-dealkylation sites (tertiary alicyclic amines) is 1. The zero-order valence-corrected chi connectivity index (χ0v) is 14.1. The van der Waals surface area contributed by atoms with Crippen molar-refractivity contribution in [3.8, 4) is 0 Å². The van der Waals surface area contributed by atoms with E-state index in [4.69, 9.17) is 0 Å². The molecular formula is C18H36N2. The predicted molar refractivity (Wildman–Crippen MR) is 88.1 cm³/mol. The zero-order chi connectivity index (χ0) is 14.4. The normalized spacial score (nSPS) is 25.2. The van der Waals surface area contributed by atoms with E-state index < -0.39 is 0 Å². The second kappa shape index (κ2) is 7.79. The smallest absolute Gasteiger partial charge is 0.00501 e. The molecule has 1 heterocycles. The van der Waals surface area contributed by atoms with Crippen molar-refractivity contribution >= 4 is 0 Å². The van der Waals surface area contributed by atoms with Crippen LogP contribution in [0, 0.1) is 17.3 Å². The number of nitrogens with one attached hydrogen (secondary N) is 1. The summed E-state index contributed by atoms with van der Waals surface area (Å²) in [7, 11) is 0. The van der Waals surface area contributed by atoms with E-state index in [1.165, 1.54) is 71.1 Å². The number of nitrogens with zero attached hydrogens (tertiary/aromatic N) is 1. The second-order valence-corrected chi connectivity index (χ2v) is 7.70. The van der Waals surface area contributed by atoms with Crippen molar-refractivity contribution < 1.29 is 0 Å². The fourth-order valence-corrected chi connectivity index (χ4v) is 4.33. The Balaban J connectivity index is 1.85. The summed E-state index contributed by atoms with van der Waals surface area (Å²) in [6, 6.07) is 0. The van der Waals surface area contributed by atoms with Gasteiger partial charge in [-0.25, -0.2) is 0 Å². The van der Waals surface area contributed by atoms with Crippen LogP contribution in [0.3, 0.4) is 0 Å². The van der Waals surface area contributed by atoms with Gasteiger partial charge in [-0.15, -0.1) is 0 Å². The van der Waals surface area contributed by atoms with Gasteiger partial charge in [-0.05, 0) is 62.6 Å². The summed E-state index contributed by atoms with van der Waals surface area (Å²) < 4.78 is 0. The highest BCUT2D eigenvalue weighted by Gasteiger charge is 2.34. The highest BCUT2D eigenvalue weighted by atomic mass is 15.1. The molecule has 118 valence electrons. The summed E-state index contributed by atoms with van der Waals surface area (Å²) in [6.07, 6.45) is 10.1. The first-order valence-electron chi connectivity index (χ1n) is 9.08. The van der Waals surface area contributed by atoms with Crippen LogP contribution in [-0.2, 0) is 0 Å². The van der Waals surface area contributed by atoms with Crippen LogP contribution >= 0.6 is 0 Å². The molecule has 0 aromatic heterocycles. The van der Waals surface area contributed by atoms with Gasteiger partial charge < -0.3 is 10.2 Å². The maximum atomic E-state index is 3.65. The maximum absolute atomic E-state index is 3.65. The number of piperidine rings is 1. The van der Waals surface area contributed by atoms with Gasteiger partial charge in [0.25, 0.3) is 0 Å². The van der Waals surface area contributed by atoms with Crippen molar-refractivity contribution in [1.29, 1.82) is 0 Å². The molecular weight excluding hydrogens is 244 g/mol. The van der Waals surface area contributed by atoms with Crippen molar-refractivity contribution in [2.45, 2.75) is 65.7 Å². The first-order chi connectivity index (χ1) is 9.65. The molecule has 2 rings (SSSR count). The van der Waals surface area contributed by atoms with E-state index in [0.717, 1.165) is 18.4 Å². The molecule has 2 aliphatic rings. The molecule has 0 bridgehead atoms. The van der Waals surface area contributed by atoms with E-state index in [-0.39, 0.29) is 0 Å². The molecule has 1 saturated heterocycles. The number of hydrogen-bond donors (Lipinski definition) is 1. The molecule has 0 unspecified atom stereocenters. The minimum Gasteiger partial charge on any atom is -0.316 e. The molecule has 1 aliphatic heterocycles. The van der Waals surface area contributed by atoms with Crippen molar-refractivity contribution in [3.63, 3.8) is 0 Å². The first-order valence-corrected chi connectivity index (χ1v) is 9.08. The Hall–Kier alpha value is -0.0800. The lowest BCUT2D eigenvalue weighted by Crippen LogP contribution is -2.47. The summed E-state index contributed by atoms with van der Waals surface area (Å²) >= 11 is 0. The molecule has 0 radical (unpaired) electrons. The molecule has 2 heteroatoms. The van der Waals surface area contributed by atoms with Gasteiger partial charge in [0.05, 0.1) is 0 Å². The Kier molecular flexibility index (Phi) is 6.35. The average Bonchev–Trinajstić information content (AvgIpc) is 2.47. The monoisotopic (exact) mass is 280 g/mol. The molecule has 0 atom stereocenters. The average molecular weight is 280 g/mol. The Morgan fingerprint density at radius 1 is 1.10 bits per heavy atom. The third kappa shape index (κ3) is 4.46. The van der Waals surface area contributed by atoms with Gasteiger partial charge in [-0.1, -0.05) is 40.0 Å². The third-order valence-corrected chi connectivity index (χ3v) is 5.80. The molecule has 2 fully saturated rings. The highest BCUT2D eigenvalue weighted by Crippen LogP contribution is 2.37. The SMILES string of the molecule is CCNCC1(CN2CCC(C(C)C)CC2)CCCCC1. The molecule has 0 amide bonds.